The number of hydrogen-bond donors (Lipinski definition) is 2. The number of thioether (sulfide) groups is 1. The molecule has 0 spiro atoms. The van der Waals surface area contributed by atoms with Crippen LogP contribution >= 0.6 is 11.8 Å². The highest BCUT2D eigenvalue weighted by Gasteiger charge is 2.29. The smallest absolute Gasteiger partial charge is 0.253 e. The molecule has 2 amide bonds. The summed E-state index contributed by atoms with van der Waals surface area (Å²) in [5.74, 6) is 2.07. The second-order valence-electron chi connectivity index (χ2n) is 6.42. The fraction of sp³-hybridized carbons (Fsp3) is 0.556. The number of anilines is 1. The van der Waals surface area contributed by atoms with Crippen LogP contribution in [0, 0.1) is 0 Å². The summed E-state index contributed by atoms with van der Waals surface area (Å²) in [6.07, 6.45) is 1.49. The average molecular weight is 363 g/mol. The van der Waals surface area contributed by atoms with Crippen LogP contribution in [0.25, 0.3) is 0 Å². The zero-order valence-electron chi connectivity index (χ0n) is 14.3. The molecule has 7 heteroatoms. The summed E-state index contributed by atoms with van der Waals surface area (Å²) in [5.41, 5.74) is 7.25. The van der Waals surface area contributed by atoms with E-state index in [0.29, 0.717) is 19.4 Å². The summed E-state index contributed by atoms with van der Waals surface area (Å²) >= 11 is 1.89. The first-order valence-corrected chi connectivity index (χ1v) is 9.92. The Balaban J connectivity index is 1.50. The molecule has 136 valence electrons. The molecule has 0 radical (unpaired) electrons. The molecule has 0 aromatic heterocycles. The molecule has 25 heavy (non-hydrogen) atoms. The van der Waals surface area contributed by atoms with Gasteiger partial charge in [0.2, 0.25) is 5.91 Å². The zero-order valence-corrected chi connectivity index (χ0v) is 15.1. The highest BCUT2D eigenvalue weighted by Crippen LogP contribution is 2.21. The Morgan fingerprint density at radius 3 is 2.56 bits per heavy atom. The fourth-order valence-electron chi connectivity index (χ4n) is 3.10. The molecule has 3 rings (SSSR count). The van der Waals surface area contributed by atoms with Gasteiger partial charge in [0.15, 0.2) is 0 Å². The van der Waals surface area contributed by atoms with Crippen molar-refractivity contribution in [2.24, 2.45) is 5.73 Å². The molecular weight excluding hydrogens is 338 g/mol. The Morgan fingerprint density at radius 2 is 1.92 bits per heavy atom. The molecule has 0 aliphatic carbocycles. The van der Waals surface area contributed by atoms with Crippen LogP contribution in [0.5, 0.6) is 0 Å². The standard InChI is InChI=1S/C18H25N3O3S/c19-12-15-5-6-16(24-15)18(23)20-14-3-1-13(2-4-14)11-17(22)21-7-9-25-10-8-21/h1-4,15-16H,5-12,19H2,(H,20,23)/t15-,16+/m1/s1. The molecule has 2 saturated heterocycles. The zero-order chi connectivity index (χ0) is 17.6. The summed E-state index contributed by atoms with van der Waals surface area (Å²) in [7, 11) is 0. The molecule has 0 unspecified atom stereocenters. The predicted octanol–water partition coefficient (Wildman–Crippen LogP) is 1.25. The average Bonchev–Trinajstić information content (AvgIpc) is 3.13. The Morgan fingerprint density at radius 1 is 1.20 bits per heavy atom. The predicted molar refractivity (Wildman–Crippen MR) is 99.6 cm³/mol. The van der Waals surface area contributed by atoms with Gasteiger partial charge in [-0.25, -0.2) is 0 Å². The van der Waals surface area contributed by atoms with E-state index in [1.165, 1.54) is 0 Å². The number of nitrogens with two attached hydrogens (primary N) is 1. The summed E-state index contributed by atoms with van der Waals surface area (Å²) < 4.78 is 5.60. The van der Waals surface area contributed by atoms with Crippen LogP contribution in [-0.4, -0.2) is 60.1 Å². The van der Waals surface area contributed by atoms with Crippen molar-refractivity contribution >= 4 is 29.3 Å². The van der Waals surface area contributed by atoms with Gasteiger partial charge in [-0.05, 0) is 30.5 Å². The summed E-state index contributed by atoms with van der Waals surface area (Å²) in [4.78, 5) is 26.4. The highest BCUT2D eigenvalue weighted by molar-refractivity contribution is 7.99. The summed E-state index contributed by atoms with van der Waals surface area (Å²) in [6, 6.07) is 7.46. The van der Waals surface area contributed by atoms with E-state index >= 15 is 0 Å². The second-order valence-corrected chi connectivity index (χ2v) is 7.64. The third kappa shape index (κ3) is 4.96. The quantitative estimate of drug-likeness (QED) is 0.822. The minimum atomic E-state index is -0.424. The van der Waals surface area contributed by atoms with Gasteiger partial charge < -0.3 is 20.7 Å². The molecule has 1 aromatic rings. The van der Waals surface area contributed by atoms with Crippen LogP contribution < -0.4 is 11.1 Å². The van der Waals surface area contributed by atoms with E-state index in [1.807, 2.05) is 40.9 Å². The van der Waals surface area contributed by atoms with Gasteiger partial charge in [-0.3, -0.25) is 9.59 Å². The van der Waals surface area contributed by atoms with E-state index in [9.17, 15) is 9.59 Å². The van der Waals surface area contributed by atoms with Crippen LogP contribution in [0.2, 0.25) is 0 Å². The first kappa shape index (κ1) is 18.2. The summed E-state index contributed by atoms with van der Waals surface area (Å²) in [6.45, 7) is 2.12. The maximum Gasteiger partial charge on any atom is 0.253 e. The van der Waals surface area contributed by atoms with Crippen LogP contribution in [0.3, 0.4) is 0 Å². The Labute approximate surface area is 152 Å². The van der Waals surface area contributed by atoms with Gasteiger partial charge in [-0.15, -0.1) is 0 Å². The number of nitrogens with zero attached hydrogens (tertiary/aromatic N) is 1. The lowest BCUT2D eigenvalue weighted by atomic mass is 10.1. The second kappa shape index (κ2) is 8.69. The normalized spacial score (nSPS) is 23.5. The third-order valence-corrected chi connectivity index (χ3v) is 5.55. The first-order valence-electron chi connectivity index (χ1n) is 8.76. The van der Waals surface area contributed by atoms with E-state index in [1.54, 1.807) is 0 Å². The number of carbonyl (C=O) groups is 2. The lowest BCUT2D eigenvalue weighted by Gasteiger charge is -2.26. The molecule has 2 fully saturated rings. The van der Waals surface area contributed by atoms with E-state index in [4.69, 9.17) is 10.5 Å². The lowest BCUT2D eigenvalue weighted by Crippen LogP contribution is -2.38. The molecule has 1 aromatic carbocycles. The van der Waals surface area contributed by atoms with Crippen molar-refractivity contribution in [1.82, 2.24) is 4.90 Å². The fourth-order valence-corrected chi connectivity index (χ4v) is 4.00. The molecular formula is C18H25N3O3S. The monoisotopic (exact) mass is 363 g/mol. The van der Waals surface area contributed by atoms with Gasteiger partial charge in [0.25, 0.3) is 5.91 Å². The number of benzene rings is 1. The largest absolute Gasteiger partial charge is 0.364 e. The Kier molecular flexibility index (Phi) is 6.34. The third-order valence-electron chi connectivity index (χ3n) is 4.60. The molecule has 2 aliphatic heterocycles. The van der Waals surface area contributed by atoms with E-state index in [0.717, 1.165) is 42.3 Å². The van der Waals surface area contributed by atoms with Crippen molar-refractivity contribution in [3.05, 3.63) is 29.8 Å². The number of nitrogens with one attached hydrogen (secondary N) is 1. The SMILES string of the molecule is NC[C@H]1CC[C@@H](C(=O)Nc2ccc(CC(=O)N3CCSCC3)cc2)O1. The minimum absolute atomic E-state index is 0.0164. The van der Waals surface area contributed by atoms with Gasteiger partial charge in [-0.2, -0.15) is 11.8 Å². The summed E-state index contributed by atoms with van der Waals surface area (Å²) in [5, 5.41) is 2.87. The molecule has 2 aliphatic rings. The van der Waals surface area contributed by atoms with Crippen molar-refractivity contribution in [1.29, 1.82) is 0 Å². The first-order chi connectivity index (χ1) is 12.2. The molecule has 3 N–H and O–H groups in total. The minimum Gasteiger partial charge on any atom is -0.364 e. The van der Waals surface area contributed by atoms with Crippen molar-refractivity contribution < 1.29 is 14.3 Å². The van der Waals surface area contributed by atoms with Crippen molar-refractivity contribution in [2.75, 3.05) is 36.5 Å². The number of hydrogen-bond acceptors (Lipinski definition) is 5. The molecule has 0 bridgehead atoms. The topological polar surface area (TPSA) is 84.7 Å². The number of carbonyl (C=O) groups excluding carboxylic acids is 2. The Hall–Kier alpha value is -1.57. The van der Waals surface area contributed by atoms with Crippen molar-refractivity contribution in [3.63, 3.8) is 0 Å². The van der Waals surface area contributed by atoms with Crippen molar-refractivity contribution in [3.8, 4) is 0 Å². The van der Waals surface area contributed by atoms with Crippen LogP contribution in [-0.2, 0) is 20.7 Å². The molecule has 6 nitrogen and oxygen atoms in total. The number of rotatable bonds is 5. The maximum absolute atomic E-state index is 12.3. The van der Waals surface area contributed by atoms with Crippen LogP contribution in [0.4, 0.5) is 5.69 Å². The van der Waals surface area contributed by atoms with Gasteiger partial charge in [-0.1, -0.05) is 12.1 Å². The molecule has 0 saturated carbocycles. The molecule has 2 heterocycles. The van der Waals surface area contributed by atoms with Gasteiger partial charge >= 0.3 is 0 Å². The van der Waals surface area contributed by atoms with Crippen molar-refractivity contribution in [2.45, 2.75) is 31.5 Å². The highest BCUT2D eigenvalue weighted by atomic mass is 32.2. The number of ether oxygens (including phenoxy) is 1. The lowest BCUT2D eigenvalue weighted by molar-refractivity contribution is -0.130. The van der Waals surface area contributed by atoms with Gasteiger partial charge in [0.05, 0.1) is 12.5 Å². The van der Waals surface area contributed by atoms with E-state index < -0.39 is 6.10 Å². The Bertz CT molecular complexity index is 602. The van der Waals surface area contributed by atoms with E-state index in [-0.39, 0.29) is 17.9 Å². The van der Waals surface area contributed by atoms with Gasteiger partial charge in [0, 0.05) is 36.8 Å². The number of amides is 2. The van der Waals surface area contributed by atoms with Crippen LogP contribution in [0.1, 0.15) is 18.4 Å². The van der Waals surface area contributed by atoms with Crippen LogP contribution in [0.15, 0.2) is 24.3 Å². The van der Waals surface area contributed by atoms with Gasteiger partial charge in [0.1, 0.15) is 6.10 Å². The molecule has 2 atom stereocenters. The van der Waals surface area contributed by atoms with E-state index in [2.05, 4.69) is 5.32 Å². The maximum atomic E-state index is 12.3.